The lowest BCUT2D eigenvalue weighted by Crippen LogP contribution is -2.12. The molecule has 1 radical (unpaired) electrons. The zero-order chi connectivity index (χ0) is 7.98. The molecular weight excluding hydrogens is 132 g/mol. The fourth-order valence-corrected chi connectivity index (χ4v) is 0.521. The minimum absolute atomic E-state index is 0.309. The highest BCUT2D eigenvalue weighted by molar-refractivity contribution is 5.82. The number of rotatable bonds is 5. The van der Waals surface area contributed by atoms with E-state index in [4.69, 9.17) is 11.5 Å². The van der Waals surface area contributed by atoms with E-state index in [1.807, 2.05) is 0 Å². The van der Waals surface area contributed by atoms with Gasteiger partial charge in [-0.25, -0.2) is 0 Å². The van der Waals surface area contributed by atoms with E-state index in [0.717, 1.165) is 0 Å². The second-order valence-corrected chi connectivity index (χ2v) is 1.97. The van der Waals surface area contributed by atoms with Crippen molar-refractivity contribution in [1.82, 2.24) is 0 Å². The van der Waals surface area contributed by atoms with Crippen LogP contribution in [0.1, 0.15) is 19.3 Å². The van der Waals surface area contributed by atoms with Crippen molar-refractivity contribution in [2.24, 2.45) is 11.5 Å². The van der Waals surface area contributed by atoms with Gasteiger partial charge in [0.1, 0.15) is 0 Å². The number of primary amides is 2. The number of carbonyl (C=O) groups excluding carboxylic acids is 2. The Morgan fingerprint density at radius 3 is 2.30 bits per heavy atom. The molecule has 0 aliphatic rings. The summed E-state index contributed by atoms with van der Waals surface area (Å²) in [6.07, 6.45) is 2.77. The Kier molecular flexibility index (Phi) is 4.28. The van der Waals surface area contributed by atoms with E-state index in [0.29, 0.717) is 19.3 Å². The molecule has 0 saturated heterocycles. The summed E-state index contributed by atoms with van der Waals surface area (Å²) in [5, 5.41) is 0. The van der Waals surface area contributed by atoms with Gasteiger partial charge in [-0.2, -0.15) is 0 Å². The highest BCUT2D eigenvalue weighted by Gasteiger charge is 1.96. The molecule has 4 nitrogen and oxygen atoms in total. The minimum atomic E-state index is -0.454. The summed E-state index contributed by atoms with van der Waals surface area (Å²) in [6, 6.07) is 0. The summed E-state index contributed by atoms with van der Waals surface area (Å²) >= 11 is 0. The van der Waals surface area contributed by atoms with Crippen LogP contribution < -0.4 is 11.5 Å². The molecule has 0 aliphatic heterocycles. The van der Waals surface area contributed by atoms with Gasteiger partial charge in [0.2, 0.25) is 11.8 Å². The Labute approximate surface area is 59.6 Å². The summed E-state index contributed by atoms with van der Waals surface area (Å²) in [7, 11) is 0. The quantitative estimate of drug-likeness (QED) is 0.500. The van der Waals surface area contributed by atoms with E-state index in [1.54, 1.807) is 0 Å². The zero-order valence-electron chi connectivity index (χ0n) is 5.67. The summed E-state index contributed by atoms with van der Waals surface area (Å²) in [5.41, 5.74) is 9.64. The number of nitrogens with two attached hydrogens (primary N) is 2. The number of hydrogen-bond acceptors (Lipinski definition) is 2. The fraction of sp³-hybridized carbons (Fsp3) is 0.500. The number of amides is 2. The van der Waals surface area contributed by atoms with Crippen LogP contribution in [0.3, 0.4) is 0 Å². The SMILES string of the molecule is NC(=O)[CH]CCCC(N)=O. The van der Waals surface area contributed by atoms with Crippen LogP contribution in [0.15, 0.2) is 0 Å². The van der Waals surface area contributed by atoms with E-state index in [1.165, 1.54) is 6.42 Å². The second-order valence-electron chi connectivity index (χ2n) is 1.97. The van der Waals surface area contributed by atoms with Crippen LogP contribution >= 0.6 is 0 Å². The lowest BCUT2D eigenvalue weighted by atomic mass is 10.2. The monoisotopic (exact) mass is 143 g/mol. The van der Waals surface area contributed by atoms with Gasteiger partial charge < -0.3 is 11.5 Å². The molecule has 0 heterocycles. The Morgan fingerprint density at radius 1 is 1.30 bits per heavy atom. The first-order chi connectivity index (χ1) is 4.63. The van der Waals surface area contributed by atoms with Crippen molar-refractivity contribution in [3.63, 3.8) is 0 Å². The van der Waals surface area contributed by atoms with Crippen molar-refractivity contribution in [3.8, 4) is 0 Å². The Bertz CT molecular complexity index is 118. The number of hydrogen-bond donors (Lipinski definition) is 2. The average Bonchev–Trinajstić information content (AvgIpc) is 1.79. The van der Waals surface area contributed by atoms with Crippen LogP contribution in [0, 0.1) is 6.42 Å². The Hall–Kier alpha value is -1.06. The first-order valence-corrected chi connectivity index (χ1v) is 3.04. The van der Waals surface area contributed by atoms with Gasteiger partial charge >= 0.3 is 0 Å². The number of carbonyl (C=O) groups is 2. The van der Waals surface area contributed by atoms with Crippen LogP contribution in [-0.4, -0.2) is 11.8 Å². The average molecular weight is 143 g/mol. The molecular formula is C6H11N2O2. The summed E-state index contributed by atoms with van der Waals surface area (Å²) in [6.45, 7) is 0. The van der Waals surface area contributed by atoms with E-state index in [-0.39, 0.29) is 5.91 Å². The van der Waals surface area contributed by atoms with Crippen molar-refractivity contribution in [2.45, 2.75) is 19.3 Å². The van der Waals surface area contributed by atoms with Crippen LogP contribution in [0.4, 0.5) is 0 Å². The first-order valence-electron chi connectivity index (χ1n) is 3.04. The fourth-order valence-electron chi connectivity index (χ4n) is 0.521. The summed E-state index contributed by atoms with van der Waals surface area (Å²) < 4.78 is 0. The van der Waals surface area contributed by atoms with Crippen molar-refractivity contribution in [1.29, 1.82) is 0 Å². The topological polar surface area (TPSA) is 86.2 Å². The molecule has 0 aliphatic carbocycles. The maximum absolute atomic E-state index is 10.1. The first kappa shape index (κ1) is 8.94. The van der Waals surface area contributed by atoms with Gasteiger partial charge in [-0.3, -0.25) is 9.59 Å². The molecule has 0 aromatic carbocycles. The highest BCUT2D eigenvalue weighted by Crippen LogP contribution is 1.96. The molecule has 2 amide bonds. The third-order valence-corrected chi connectivity index (χ3v) is 0.973. The molecule has 0 aromatic heterocycles. The molecule has 0 atom stereocenters. The van der Waals surface area contributed by atoms with Crippen molar-refractivity contribution in [3.05, 3.63) is 6.42 Å². The predicted octanol–water partition coefficient (Wildman–Crippen LogP) is -0.668. The number of unbranched alkanes of at least 4 members (excludes halogenated alkanes) is 1. The molecule has 0 fully saturated rings. The van der Waals surface area contributed by atoms with Gasteiger partial charge in [0.15, 0.2) is 0 Å². The molecule has 0 spiro atoms. The van der Waals surface area contributed by atoms with E-state index in [2.05, 4.69) is 0 Å². The van der Waals surface area contributed by atoms with Crippen LogP contribution in [0.5, 0.6) is 0 Å². The van der Waals surface area contributed by atoms with Gasteiger partial charge in [0.25, 0.3) is 0 Å². The predicted molar refractivity (Wildman–Crippen MR) is 36.5 cm³/mol. The molecule has 0 saturated carbocycles. The van der Waals surface area contributed by atoms with Gasteiger partial charge in [-0.05, 0) is 12.8 Å². The highest BCUT2D eigenvalue weighted by atomic mass is 16.1. The lowest BCUT2D eigenvalue weighted by molar-refractivity contribution is -0.118. The van der Waals surface area contributed by atoms with E-state index >= 15 is 0 Å². The van der Waals surface area contributed by atoms with Crippen molar-refractivity contribution < 1.29 is 9.59 Å². The van der Waals surface area contributed by atoms with E-state index in [9.17, 15) is 9.59 Å². The minimum Gasteiger partial charge on any atom is -0.370 e. The summed E-state index contributed by atoms with van der Waals surface area (Å²) in [4.78, 5) is 20.2. The van der Waals surface area contributed by atoms with Gasteiger partial charge in [0, 0.05) is 12.8 Å². The van der Waals surface area contributed by atoms with Crippen LogP contribution in [-0.2, 0) is 9.59 Å². The molecule has 4 heteroatoms. The van der Waals surface area contributed by atoms with Gasteiger partial charge in [-0.1, -0.05) is 0 Å². The van der Waals surface area contributed by atoms with Crippen LogP contribution in [0.2, 0.25) is 0 Å². The van der Waals surface area contributed by atoms with Crippen LogP contribution in [0.25, 0.3) is 0 Å². The van der Waals surface area contributed by atoms with Gasteiger partial charge in [-0.15, -0.1) is 0 Å². The maximum atomic E-state index is 10.1. The standard InChI is InChI=1S/C6H11N2O2/c7-5(9)3-1-2-4-6(8)10/h3H,1-2,4H2,(H2,7,9)(H2,8,10). The van der Waals surface area contributed by atoms with E-state index < -0.39 is 5.91 Å². The maximum Gasteiger partial charge on any atom is 0.221 e. The normalized spacial score (nSPS) is 9.20. The molecule has 0 aromatic rings. The molecule has 0 rings (SSSR count). The summed E-state index contributed by atoms with van der Waals surface area (Å²) in [5.74, 6) is -0.803. The molecule has 0 unspecified atom stereocenters. The largest absolute Gasteiger partial charge is 0.370 e. The third-order valence-electron chi connectivity index (χ3n) is 0.973. The lowest BCUT2D eigenvalue weighted by Gasteiger charge is -1.93. The Morgan fingerprint density at radius 2 is 1.90 bits per heavy atom. The third kappa shape index (κ3) is 6.94. The molecule has 0 bridgehead atoms. The van der Waals surface area contributed by atoms with Gasteiger partial charge in [0.05, 0.1) is 0 Å². The smallest absolute Gasteiger partial charge is 0.221 e. The van der Waals surface area contributed by atoms with Crippen molar-refractivity contribution >= 4 is 11.8 Å². The zero-order valence-corrected chi connectivity index (χ0v) is 5.67. The second kappa shape index (κ2) is 4.78. The molecule has 10 heavy (non-hydrogen) atoms. The Balaban J connectivity index is 3.06. The molecule has 4 N–H and O–H groups in total. The van der Waals surface area contributed by atoms with Crippen molar-refractivity contribution in [2.75, 3.05) is 0 Å². The molecule has 57 valence electrons.